The highest BCUT2D eigenvalue weighted by Gasteiger charge is 2.21. The summed E-state index contributed by atoms with van der Waals surface area (Å²) in [5.74, 6) is -3.01. The predicted molar refractivity (Wildman–Crippen MR) is 74.3 cm³/mol. The van der Waals surface area contributed by atoms with E-state index in [1.54, 1.807) is 0 Å². The Labute approximate surface area is 126 Å². The quantitative estimate of drug-likeness (QED) is 0.658. The second kappa shape index (κ2) is 7.81. The molecule has 1 aliphatic heterocycles. The number of nitrogens with one attached hydrogen (secondary N) is 3. The molecular weight excluding hydrogens is 296 g/mol. The molecule has 1 aromatic carbocycles. The number of carbonyl (C=O) groups is 2. The molecule has 22 heavy (non-hydrogen) atoms. The van der Waals surface area contributed by atoms with Crippen molar-refractivity contribution in [1.29, 1.82) is 0 Å². The maximum atomic E-state index is 13.4. The second-order valence-electron chi connectivity index (χ2n) is 4.71. The average molecular weight is 313 g/mol. The van der Waals surface area contributed by atoms with Crippen molar-refractivity contribution in [3.05, 3.63) is 35.4 Å². The number of hydrogen-bond acceptors (Lipinski definition) is 4. The number of benzene rings is 1. The third kappa shape index (κ3) is 4.22. The minimum absolute atomic E-state index is 0.0541. The summed E-state index contributed by atoms with van der Waals surface area (Å²) in [5.41, 5.74) is -0.631. The summed E-state index contributed by atoms with van der Waals surface area (Å²) in [7, 11) is 0. The fourth-order valence-corrected chi connectivity index (χ4v) is 2.01. The predicted octanol–water partition coefficient (Wildman–Crippen LogP) is -0.201. The smallest absolute Gasteiger partial charge is 0.257 e. The Morgan fingerprint density at radius 1 is 1.23 bits per heavy atom. The highest BCUT2D eigenvalue weighted by molar-refractivity contribution is 5.94. The average Bonchev–Trinajstić information content (AvgIpc) is 2.52. The van der Waals surface area contributed by atoms with E-state index < -0.39 is 29.2 Å². The van der Waals surface area contributed by atoms with Crippen LogP contribution in [-0.4, -0.2) is 50.7 Å². The highest BCUT2D eigenvalue weighted by atomic mass is 19.1. The largest absolute Gasteiger partial charge is 0.366 e. The molecule has 1 unspecified atom stereocenters. The lowest BCUT2D eigenvalue weighted by molar-refractivity contribution is -0.134. The Hall–Kier alpha value is -2.06. The summed E-state index contributed by atoms with van der Waals surface area (Å²) in [6, 6.07) is 3.19. The van der Waals surface area contributed by atoms with Gasteiger partial charge in [0.2, 0.25) is 0 Å². The Morgan fingerprint density at radius 3 is 2.55 bits per heavy atom. The van der Waals surface area contributed by atoms with Gasteiger partial charge in [0.25, 0.3) is 11.8 Å². The van der Waals surface area contributed by atoms with Crippen molar-refractivity contribution in [3.8, 4) is 0 Å². The topological polar surface area (TPSA) is 79.5 Å². The Kier molecular flexibility index (Phi) is 5.79. The Morgan fingerprint density at radius 2 is 1.91 bits per heavy atom. The maximum absolute atomic E-state index is 13.4. The van der Waals surface area contributed by atoms with Gasteiger partial charge in [-0.1, -0.05) is 6.07 Å². The van der Waals surface area contributed by atoms with Crippen LogP contribution in [0.15, 0.2) is 18.2 Å². The van der Waals surface area contributed by atoms with E-state index in [2.05, 4.69) is 16.0 Å². The normalized spacial score (nSPS) is 17.8. The molecule has 2 amide bonds. The van der Waals surface area contributed by atoms with Gasteiger partial charge >= 0.3 is 0 Å². The van der Waals surface area contributed by atoms with E-state index in [1.165, 1.54) is 6.07 Å². The minimum Gasteiger partial charge on any atom is -0.366 e. The van der Waals surface area contributed by atoms with E-state index in [0.29, 0.717) is 19.7 Å². The van der Waals surface area contributed by atoms with E-state index in [9.17, 15) is 18.4 Å². The molecule has 3 N–H and O–H groups in total. The molecule has 1 fully saturated rings. The van der Waals surface area contributed by atoms with Crippen LogP contribution in [0, 0.1) is 11.6 Å². The fraction of sp³-hybridized carbons (Fsp3) is 0.429. The summed E-state index contributed by atoms with van der Waals surface area (Å²) >= 11 is 0. The number of carbonyl (C=O) groups excluding carboxylic acids is 2. The number of ether oxygens (including phenoxy) is 1. The van der Waals surface area contributed by atoms with Gasteiger partial charge in [0.1, 0.15) is 23.3 Å². The van der Waals surface area contributed by atoms with E-state index in [-0.39, 0.29) is 19.0 Å². The minimum atomic E-state index is -0.928. The zero-order chi connectivity index (χ0) is 15.9. The third-order valence-electron chi connectivity index (χ3n) is 3.12. The first-order chi connectivity index (χ1) is 10.6. The van der Waals surface area contributed by atoms with Crippen molar-refractivity contribution >= 4 is 11.8 Å². The van der Waals surface area contributed by atoms with Gasteiger partial charge in [-0.2, -0.15) is 0 Å². The molecule has 0 bridgehead atoms. The van der Waals surface area contributed by atoms with Crippen LogP contribution in [0.25, 0.3) is 0 Å². The number of amides is 2. The van der Waals surface area contributed by atoms with Crippen LogP contribution in [-0.2, 0) is 9.53 Å². The van der Waals surface area contributed by atoms with Crippen molar-refractivity contribution in [2.75, 3.05) is 32.8 Å². The molecule has 120 valence electrons. The lowest BCUT2D eigenvalue weighted by Crippen LogP contribution is -2.49. The van der Waals surface area contributed by atoms with Crippen LogP contribution < -0.4 is 16.0 Å². The van der Waals surface area contributed by atoms with E-state index in [4.69, 9.17) is 4.74 Å². The molecule has 0 saturated carbocycles. The molecule has 0 radical (unpaired) electrons. The van der Waals surface area contributed by atoms with Gasteiger partial charge < -0.3 is 20.7 Å². The van der Waals surface area contributed by atoms with Gasteiger partial charge in [0.15, 0.2) is 0 Å². The Bertz CT molecular complexity index is 528. The summed E-state index contributed by atoms with van der Waals surface area (Å²) in [6.07, 6.45) is -0.562. The van der Waals surface area contributed by atoms with Crippen molar-refractivity contribution in [2.24, 2.45) is 0 Å². The first-order valence-electron chi connectivity index (χ1n) is 6.92. The summed E-state index contributed by atoms with van der Waals surface area (Å²) in [6.45, 7) is 1.78. The molecule has 0 spiro atoms. The van der Waals surface area contributed by atoms with E-state index in [0.717, 1.165) is 12.1 Å². The van der Waals surface area contributed by atoms with Crippen molar-refractivity contribution in [2.45, 2.75) is 6.10 Å². The van der Waals surface area contributed by atoms with Crippen LogP contribution in [0.1, 0.15) is 10.4 Å². The molecule has 8 heteroatoms. The fourth-order valence-electron chi connectivity index (χ4n) is 2.01. The maximum Gasteiger partial charge on any atom is 0.257 e. The van der Waals surface area contributed by atoms with Crippen LogP contribution in [0.2, 0.25) is 0 Å². The lowest BCUT2D eigenvalue weighted by atomic mass is 10.2. The molecule has 1 atom stereocenters. The van der Waals surface area contributed by atoms with Gasteiger partial charge in [-0.25, -0.2) is 8.78 Å². The molecule has 1 aromatic rings. The van der Waals surface area contributed by atoms with Gasteiger partial charge in [-0.05, 0) is 12.1 Å². The zero-order valence-corrected chi connectivity index (χ0v) is 11.8. The molecule has 0 aromatic heterocycles. The highest BCUT2D eigenvalue weighted by Crippen LogP contribution is 2.11. The summed E-state index contributed by atoms with van der Waals surface area (Å²) in [5, 5.41) is 7.95. The van der Waals surface area contributed by atoms with Crippen LogP contribution in [0.5, 0.6) is 0 Å². The molecule has 1 heterocycles. The molecule has 2 rings (SSSR count). The molecule has 1 saturated heterocycles. The molecule has 0 aliphatic carbocycles. The van der Waals surface area contributed by atoms with Gasteiger partial charge in [-0.3, -0.25) is 9.59 Å². The van der Waals surface area contributed by atoms with Gasteiger partial charge in [-0.15, -0.1) is 0 Å². The van der Waals surface area contributed by atoms with Crippen LogP contribution >= 0.6 is 0 Å². The lowest BCUT2D eigenvalue weighted by Gasteiger charge is -2.22. The summed E-state index contributed by atoms with van der Waals surface area (Å²) in [4.78, 5) is 23.4. The van der Waals surface area contributed by atoms with Crippen molar-refractivity contribution in [3.63, 3.8) is 0 Å². The van der Waals surface area contributed by atoms with E-state index in [1.807, 2.05) is 0 Å². The zero-order valence-electron chi connectivity index (χ0n) is 11.8. The van der Waals surface area contributed by atoms with Crippen molar-refractivity contribution < 1.29 is 23.1 Å². The third-order valence-corrected chi connectivity index (χ3v) is 3.12. The first kappa shape index (κ1) is 16.3. The molecular formula is C14H17F2N3O3. The van der Waals surface area contributed by atoms with Gasteiger partial charge in [0.05, 0.1) is 6.61 Å². The SMILES string of the molecule is O=C(NCCNC(=O)C1CNCCO1)c1c(F)cccc1F. The number of morpholine rings is 1. The number of hydrogen-bond donors (Lipinski definition) is 3. The molecule has 6 nitrogen and oxygen atoms in total. The first-order valence-corrected chi connectivity index (χ1v) is 6.92. The second-order valence-corrected chi connectivity index (χ2v) is 4.71. The van der Waals surface area contributed by atoms with Gasteiger partial charge in [0, 0.05) is 26.2 Å². The van der Waals surface area contributed by atoms with Crippen LogP contribution in [0.3, 0.4) is 0 Å². The Balaban J connectivity index is 1.74. The van der Waals surface area contributed by atoms with Crippen molar-refractivity contribution in [1.82, 2.24) is 16.0 Å². The molecule has 1 aliphatic rings. The van der Waals surface area contributed by atoms with E-state index >= 15 is 0 Å². The number of halogens is 2. The standard InChI is InChI=1S/C14H17F2N3O3/c15-9-2-1-3-10(16)12(9)14(21)19-5-4-18-13(20)11-8-17-6-7-22-11/h1-3,11,17H,4-8H2,(H,18,20)(H,19,21). The summed E-state index contributed by atoms with van der Waals surface area (Å²) < 4.78 is 32.0. The van der Waals surface area contributed by atoms with Crippen LogP contribution in [0.4, 0.5) is 8.78 Å². The monoisotopic (exact) mass is 313 g/mol. The number of rotatable bonds is 5.